The van der Waals surface area contributed by atoms with Gasteiger partial charge in [-0.25, -0.2) is 9.78 Å². The lowest BCUT2D eigenvalue weighted by molar-refractivity contribution is -0.131. The van der Waals surface area contributed by atoms with Crippen molar-refractivity contribution in [1.29, 1.82) is 0 Å². The Hall–Kier alpha value is -2.68. The number of ether oxygens (including phenoxy) is 2. The highest BCUT2D eigenvalue weighted by Crippen LogP contribution is 2.33. The number of H-pyrrole nitrogens is 1. The van der Waals surface area contributed by atoms with Crippen LogP contribution in [0.5, 0.6) is 11.5 Å². The molecule has 0 aliphatic heterocycles. The predicted molar refractivity (Wildman–Crippen MR) is 126 cm³/mol. The molecule has 0 spiro atoms. The van der Waals surface area contributed by atoms with Crippen LogP contribution < -0.4 is 9.47 Å². The Bertz CT molecular complexity index is 1130. The molecule has 0 saturated heterocycles. The summed E-state index contributed by atoms with van der Waals surface area (Å²) in [4.78, 5) is 16.1. The van der Waals surface area contributed by atoms with Gasteiger partial charge in [0.2, 0.25) is 5.16 Å². The number of carboxylic acids is 1. The predicted octanol–water partition coefficient (Wildman–Crippen LogP) is 5.87. The summed E-state index contributed by atoms with van der Waals surface area (Å²) in [7, 11) is 0. The third-order valence-corrected chi connectivity index (χ3v) is 5.69. The van der Waals surface area contributed by atoms with Crippen LogP contribution in [0.1, 0.15) is 30.8 Å². The lowest BCUT2D eigenvalue weighted by atomic mass is 10.2. The van der Waals surface area contributed by atoms with Crippen LogP contribution in [0.3, 0.4) is 0 Å². The third-order valence-electron chi connectivity index (χ3n) is 4.22. The van der Waals surface area contributed by atoms with Crippen molar-refractivity contribution in [2.45, 2.75) is 32.0 Å². The van der Waals surface area contributed by atoms with Gasteiger partial charge in [-0.15, -0.1) is 5.10 Å². The molecule has 1 heterocycles. The molecule has 2 N–H and O–H groups in total. The second-order valence-corrected chi connectivity index (χ2v) is 8.35. The Morgan fingerprint density at radius 3 is 2.62 bits per heavy atom. The molecule has 0 radical (unpaired) electrons. The largest absolute Gasteiger partial charge is 0.490 e. The van der Waals surface area contributed by atoms with Crippen LogP contribution in [0.15, 0.2) is 46.5 Å². The molecule has 0 aliphatic carbocycles. The summed E-state index contributed by atoms with van der Waals surface area (Å²) < 4.78 is 11.6. The van der Waals surface area contributed by atoms with E-state index < -0.39 is 5.97 Å². The molecule has 2 aromatic carbocycles. The Morgan fingerprint density at radius 1 is 1.16 bits per heavy atom. The summed E-state index contributed by atoms with van der Waals surface area (Å²) in [6.45, 7) is 4.44. The lowest BCUT2D eigenvalue weighted by Gasteiger charge is -2.13. The molecule has 0 unspecified atom stereocenters. The first kappa shape index (κ1) is 24.0. The molecule has 3 rings (SSSR count). The number of hydrogen-bond donors (Lipinski definition) is 2. The lowest BCUT2D eigenvalue weighted by Crippen LogP contribution is -2.01. The summed E-state index contributed by atoms with van der Waals surface area (Å²) in [5.74, 6) is 0.625. The summed E-state index contributed by atoms with van der Waals surface area (Å²) in [5.41, 5.74) is 1.42. The highest BCUT2D eigenvalue weighted by molar-refractivity contribution is 8.04. The Balaban J connectivity index is 1.81. The van der Waals surface area contributed by atoms with E-state index in [1.807, 2.05) is 13.8 Å². The first-order valence-electron chi connectivity index (χ1n) is 9.77. The smallest absolute Gasteiger partial charge is 0.342 e. The minimum Gasteiger partial charge on any atom is -0.490 e. The second-order valence-electron chi connectivity index (χ2n) is 6.50. The fourth-order valence-electron chi connectivity index (χ4n) is 2.66. The van der Waals surface area contributed by atoms with Crippen LogP contribution >= 0.6 is 35.0 Å². The van der Waals surface area contributed by atoms with Crippen molar-refractivity contribution in [3.05, 3.63) is 68.3 Å². The fraction of sp³-hybridized carbons (Fsp3) is 0.227. The van der Waals surface area contributed by atoms with Crippen LogP contribution in [0.2, 0.25) is 10.0 Å². The van der Waals surface area contributed by atoms with Gasteiger partial charge in [-0.2, -0.15) is 0 Å². The first-order valence-corrected chi connectivity index (χ1v) is 11.3. The average molecular weight is 494 g/mol. The highest BCUT2D eigenvalue weighted by Gasteiger charge is 2.15. The minimum absolute atomic E-state index is 0.0794. The third kappa shape index (κ3) is 6.41. The molecule has 0 atom stereocenters. The van der Waals surface area contributed by atoms with E-state index in [1.165, 1.54) is 6.08 Å². The number of carbonyl (C=O) groups is 1. The number of rotatable bonds is 10. The summed E-state index contributed by atoms with van der Waals surface area (Å²) in [5, 5.41) is 17.8. The number of nitrogens with zero attached hydrogens (tertiary/aromatic N) is 2. The number of aryl methyl sites for hydroxylation is 1. The van der Waals surface area contributed by atoms with E-state index in [-0.39, 0.29) is 11.5 Å². The van der Waals surface area contributed by atoms with Gasteiger partial charge < -0.3 is 14.6 Å². The molecule has 0 fully saturated rings. The maximum atomic E-state index is 11.7. The number of thioether (sulfide) groups is 1. The highest BCUT2D eigenvalue weighted by atomic mass is 35.5. The van der Waals surface area contributed by atoms with Gasteiger partial charge in [0.1, 0.15) is 17.3 Å². The first-order chi connectivity index (χ1) is 15.4. The summed E-state index contributed by atoms with van der Waals surface area (Å²) >= 11 is 13.1. The Labute approximate surface area is 199 Å². The number of aromatic nitrogens is 3. The molecular formula is C22H21Cl2N3O4S. The van der Waals surface area contributed by atoms with E-state index in [0.717, 1.165) is 17.3 Å². The van der Waals surface area contributed by atoms with Gasteiger partial charge in [-0.05, 0) is 54.6 Å². The van der Waals surface area contributed by atoms with Crippen molar-refractivity contribution >= 4 is 47.0 Å². The van der Waals surface area contributed by atoms with Gasteiger partial charge in [0.15, 0.2) is 11.5 Å². The number of carboxylic acid groups (broad SMARTS) is 1. The van der Waals surface area contributed by atoms with Crippen molar-refractivity contribution in [3.8, 4) is 11.5 Å². The summed E-state index contributed by atoms with van der Waals surface area (Å²) in [6, 6.07) is 10.4. The molecule has 1 aromatic heterocycles. The van der Waals surface area contributed by atoms with Crippen molar-refractivity contribution in [1.82, 2.24) is 15.2 Å². The van der Waals surface area contributed by atoms with Gasteiger partial charge in [-0.1, -0.05) is 42.3 Å². The van der Waals surface area contributed by atoms with Crippen LogP contribution in [0.4, 0.5) is 0 Å². The minimum atomic E-state index is -1.08. The Kier molecular flexibility index (Phi) is 8.44. The van der Waals surface area contributed by atoms with E-state index in [1.54, 1.807) is 36.4 Å². The monoisotopic (exact) mass is 493 g/mol. The van der Waals surface area contributed by atoms with Gasteiger partial charge in [-0.3, -0.25) is 5.10 Å². The molecule has 7 nitrogen and oxygen atoms in total. The average Bonchev–Trinajstić information content (AvgIpc) is 3.21. The van der Waals surface area contributed by atoms with Gasteiger partial charge >= 0.3 is 5.97 Å². The maximum Gasteiger partial charge on any atom is 0.342 e. The molecule has 10 heteroatoms. The molecule has 0 bridgehead atoms. The van der Waals surface area contributed by atoms with Gasteiger partial charge in [0.05, 0.1) is 6.61 Å². The Morgan fingerprint density at radius 2 is 1.97 bits per heavy atom. The van der Waals surface area contributed by atoms with Crippen LogP contribution in [0.25, 0.3) is 6.08 Å². The second kappa shape index (κ2) is 11.3. The van der Waals surface area contributed by atoms with E-state index in [0.29, 0.717) is 51.1 Å². The molecule has 168 valence electrons. The van der Waals surface area contributed by atoms with E-state index in [9.17, 15) is 9.90 Å². The number of nitrogens with one attached hydrogen (secondary N) is 1. The number of aromatic amines is 1. The zero-order chi connectivity index (χ0) is 23.1. The van der Waals surface area contributed by atoms with Crippen molar-refractivity contribution in [2.75, 3.05) is 6.61 Å². The van der Waals surface area contributed by atoms with Crippen molar-refractivity contribution in [2.24, 2.45) is 0 Å². The summed E-state index contributed by atoms with van der Waals surface area (Å²) in [6.07, 6.45) is 2.22. The topological polar surface area (TPSA) is 97.3 Å². The standard InChI is InChI=1S/C22H21Cl2N3O4S/c1-3-20-25-22(27-26-20)32-19(21(28)29)10-13-5-8-17(18(9-13)30-4-2)31-12-14-6-7-15(23)11-16(14)24/h5-11H,3-4,12H2,1-2H3,(H,28,29)(H,25,26,27)/b19-10-. The number of aliphatic carboxylic acids is 1. The normalized spacial score (nSPS) is 11.4. The number of halogens is 2. The maximum absolute atomic E-state index is 11.7. The molecule has 32 heavy (non-hydrogen) atoms. The SMILES string of the molecule is CCOc1cc(/C=C(\Sc2n[nH]c(CC)n2)C(=O)O)ccc1OCc1ccc(Cl)cc1Cl. The van der Waals surface area contributed by atoms with Crippen molar-refractivity contribution < 1.29 is 19.4 Å². The number of benzene rings is 2. The molecule has 3 aromatic rings. The molecule has 0 amide bonds. The zero-order valence-electron chi connectivity index (χ0n) is 17.4. The quantitative estimate of drug-likeness (QED) is 0.269. The zero-order valence-corrected chi connectivity index (χ0v) is 19.7. The van der Waals surface area contributed by atoms with Crippen molar-refractivity contribution in [3.63, 3.8) is 0 Å². The number of hydrogen-bond acceptors (Lipinski definition) is 6. The van der Waals surface area contributed by atoms with Gasteiger partial charge in [0, 0.05) is 22.0 Å². The van der Waals surface area contributed by atoms with E-state index in [2.05, 4.69) is 15.2 Å². The van der Waals surface area contributed by atoms with Gasteiger partial charge in [0.25, 0.3) is 0 Å². The molecule has 0 aliphatic rings. The fourth-order valence-corrected chi connectivity index (χ4v) is 3.85. The van der Waals surface area contributed by atoms with E-state index >= 15 is 0 Å². The van der Waals surface area contributed by atoms with Crippen LogP contribution in [-0.4, -0.2) is 32.9 Å². The van der Waals surface area contributed by atoms with Crippen LogP contribution in [-0.2, 0) is 17.8 Å². The van der Waals surface area contributed by atoms with E-state index in [4.69, 9.17) is 32.7 Å². The molecular weight excluding hydrogens is 473 g/mol. The van der Waals surface area contributed by atoms with Crippen LogP contribution in [0, 0.1) is 0 Å². The molecule has 0 saturated carbocycles.